The summed E-state index contributed by atoms with van der Waals surface area (Å²) in [5, 5.41) is 5.12. The molecule has 2 aromatic heterocycles. The Morgan fingerprint density at radius 2 is 1.05 bits per heavy atom. The van der Waals surface area contributed by atoms with Gasteiger partial charge >= 0.3 is 0 Å². The van der Waals surface area contributed by atoms with E-state index in [1.165, 1.54) is 95.6 Å². The molecular weight excluding hydrogens is 576 g/mol. The Labute approximate surface area is 252 Å². The van der Waals surface area contributed by atoms with Gasteiger partial charge in [-0.3, -0.25) is 0 Å². The van der Waals surface area contributed by atoms with Gasteiger partial charge < -0.3 is 9.13 Å². The normalized spacial score (nSPS) is 12.8. The zero-order chi connectivity index (χ0) is 27.9. The Morgan fingerprint density at radius 1 is 0.476 bits per heavy atom. The first kappa shape index (κ1) is 24.0. The van der Waals surface area contributed by atoms with Crippen molar-refractivity contribution in [3.05, 3.63) is 142 Å². The average molecular weight is 604 g/mol. The number of para-hydroxylation sites is 2. The van der Waals surface area contributed by atoms with Gasteiger partial charge in [0.1, 0.15) is 0 Å². The van der Waals surface area contributed by atoms with Crippen LogP contribution in [0.2, 0.25) is 0 Å². The van der Waals surface area contributed by atoms with Gasteiger partial charge in [-0.15, -0.1) is 0 Å². The van der Waals surface area contributed by atoms with Crippen LogP contribution in [0.25, 0.3) is 66.1 Å². The minimum absolute atomic E-state index is 1.09. The molecule has 3 heteroatoms. The predicted octanol–water partition coefficient (Wildman–Crippen LogP) is 10.7. The Balaban J connectivity index is 1.25. The first-order valence-corrected chi connectivity index (χ1v) is 15.4. The smallest absolute Gasteiger partial charge is 0.0541 e. The third-order valence-corrected chi connectivity index (χ3v) is 9.53. The molecule has 8 aromatic rings. The quantitative estimate of drug-likeness (QED) is 0.190. The maximum atomic E-state index is 3.72. The summed E-state index contributed by atoms with van der Waals surface area (Å²) in [5.74, 6) is 0. The first-order valence-electron chi connectivity index (χ1n) is 14.6. The fourth-order valence-corrected chi connectivity index (χ4v) is 7.62. The summed E-state index contributed by atoms with van der Waals surface area (Å²) in [6.07, 6.45) is 2.39. The minimum atomic E-state index is 1.09. The van der Waals surface area contributed by atoms with Crippen LogP contribution in [0, 0.1) is 6.92 Å². The maximum absolute atomic E-state index is 3.72. The molecule has 0 N–H and O–H groups in total. The molecule has 0 atom stereocenters. The van der Waals surface area contributed by atoms with Gasteiger partial charge in [-0.05, 0) is 114 Å². The largest absolute Gasteiger partial charge is 0.309 e. The lowest BCUT2D eigenvalue weighted by atomic mass is 9.88. The van der Waals surface area contributed by atoms with Crippen LogP contribution in [0.3, 0.4) is 0 Å². The van der Waals surface area contributed by atoms with E-state index < -0.39 is 0 Å². The van der Waals surface area contributed by atoms with Gasteiger partial charge in [0.2, 0.25) is 0 Å². The molecule has 1 aliphatic rings. The lowest BCUT2D eigenvalue weighted by Gasteiger charge is -2.20. The average Bonchev–Trinajstić information content (AvgIpc) is 3.50. The highest BCUT2D eigenvalue weighted by Gasteiger charge is 2.18. The van der Waals surface area contributed by atoms with Crippen molar-refractivity contribution in [2.45, 2.75) is 19.8 Å². The molecule has 0 bridgehead atoms. The van der Waals surface area contributed by atoms with Crippen LogP contribution in [0.1, 0.15) is 16.7 Å². The van der Waals surface area contributed by atoms with Gasteiger partial charge in [0, 0.05) is 37.4 Å². The second-order valence-electron chi connectivity index (χ2n) is 11.6. The SMILES string of the molecule is Cc1cc(Br)cc(-n2c3ccccc3c3cc(-c4ccc5c(c4)c4ccccc4n5-c4ccc5c(c4)CC5)ccc32)c1. The van der Waals surface area contributed by atoms with E-state index in [1.54, 1.807) is 0 Å². The van der Waals surface area contributed by atoms with Crippen molar-refractivity contribution < 1.29 is 0 Å². The Morgan fingerprint density at radius 3 is 1.62 bits per heavy atom. The highest BCUT2D eigenvalue weighted by molar-refractivity contribution is 9.10. The Bertz CT molecular complexity index is 2370. The van der Waals surface area contributed by atoms with Gasteiger partial charge in [0.05, 0.1) is 22.1 Å². The zero-order valence-electron chi connectivity index (χ0n) is 23.2. The lowest BCUT2D eigenvalue weighted by molar-refractivity contribution is 0.836. The molecule has 1 aliphatic carbocycles. The van der Waals surface area contributed by atoms with E-state index >= 15 is 0 Å². The highest BCUT2D eigenvalue weighted by atomic mass is 79.9. The molecule has 9 rings (SSSR count). The fourth-order valence-electron chi connectivity index (χ4n) is 7.03. The van der Waals surface area contributed by atoms with E-state index in [-0.39, 0.29) is 0 Å². The van der Waals surface area contributed by atoms with Crippen LogP contribution in [0.15, 0.2) is 126 Å². The van der Waals surface area contributed by atoms with Crippen molar-refractivity contribution in [3.8, 4) is 22.5 Å². The second kappa shape index (κ2) is 8.95. The number of aromatic nitrogens is 2. The molecule has 200 valence electrons. The topological polar surface area (TPSA) is 9.86 Å². The summed E-state index contributed by atoms with van der Waals surface area (Å²) in [5.41, 5.74) is 14.1. The summed E-state index contributed by atoms with van der Waals surface area (Å²) in [6.45, 7) is 2.15. The van der Waals surface area contributed by atoms with Crippen LogP contribution in [-0.2, 0) is 12.8 Å². The number of rotatable bonds is 3. The molecule has 42 heavy (non-hydrogen) atoms. The summed E-state index contributed by atoms with van der Waals surface area (Å²) in [4.78, 5) is 0. The van der Waals surface area contributed by atoms with Gasteiger partial charge in [-0.2, -0.15) is 0 Å². The van der Waals surface area contributed by atoms with E-state index in [2.05, 4.69) is 153 Å². The number of hydrogen-bond acceptors (Lipinski definition) is 0. The minimum Gasteiger partial charge on any atom is -0.309 e. The summed E-state index contributed by atoms with van der Waals surface area (Å²) in [6, 6.07) is 45.1. The van der Waals surface area contributed by atoms with Gasteiger partial charge in [-0.25, -0.2) is 0 Å². The van der Waals surface area contributed by atoms with Crippen molar-refractivity contribution >= 4 is 59.5 Å². The molecule has 0 saturated carbocycles. The molecule has 0 unspecified atom stereocenters. The van der Waals surface area contributed by atoms with E-state index in [0.717, 1.165) is 4.47 Å². The molecule has 0 radical (unpaired) electrons. The van der Waals surface area contributed by atoms with Crippen molar-refractivity contribution in [2.75, 3.05) is 0 Å². The second-order valence-corrected chi connectivity index (χ2v) is 12.5. The zero-order valence-corrected chi connectivity index (χ0v) is 24.8. The molecule has 0 spiro atoms. The molecule has 0 amide bonds. The molecular formula is C39H27BrN2. The van der Waals surface area contributed by atoms with E-state index in [1.807, 2.05) is 0 Å². The molecule has 6 aromatic carbocycles. The number of hydrogen-bond donors (Lipinski definition) is 0. The number of fused-ring (bicyclic) bond motifs is 7. The summed E-state index contributed by atoms with van der Waals surface area (Å²) < 4.78 is 5.91. The van der Waals surface area contributed by atoms with Gasteiger partial charge in [-0.1, -0.05) is 70.5 Å². The van der Waals surface area contributed by atoms with Crippen molar-refractivity contribution in [2.24, 2.45) is 0 Å². The third-order valence-electron chi connectivity index (χ3n) is 9.08. The molecule has 0 fully saturated rings. The third kappa shape index (κ3) is 3.50. The number of benzene rings is 6. The number of halogens is 1. The summed E-state index contributed by atoms with van der Waals surface area (Å²) in [7, 11) is 0. The van der Waals surface area contributed by atoms with Crippen LogP contribution in [0.4, 0.5) is 0 Å². The van der Waals surface area contributed by atoms with Crippen molar-refractivity contribution in [1.29, 1.82) is 0 Å². The monoisotopic (exact) mass is 602 g/mol. The first-order chi connectivity index (χ1) is 20.6. The maximum Gasteiger partial charge on any atom is 0.0541 e. The standard InChI is InChI=1S/C39H27BrN2/c1-24-18-29(40)23-31(19-24)42-37-9-5-3-7-33(37)35-22-28(14-17-39(35)42)27-13-16-38-34(21-27)32-6-2-4-8-36(32)41(38)30-15-12-25-10-11-26(25)20-30/h2-9,12-23H,10-11H2,1H3. The number of aryl methyl sites for hydroxylation is 3. The molecule has 2 heterocycles. The predicted molar refractivity (Wildman–Crippen MR) is 180 cm³/mol. The Hall–Kier alpha value is -4.60. The molecule has 2 nitrogen and oxygen atoms in total. The summed E-state index contributed by atoms with van der Waals surface area (Å²) >= 11 is 3.72. The van der Waals surface area contributed by atoms with Crippen LogP contribution >= 0.6 is 15.9 Å². The fraction of sp³-hybridized carbons (Fsp3) is 0.0769. The van der Waals surface area contributed by atoms with Gasteiger partial charge in [0.15, 0.2) is 0 Å². The number of nitrogens with zero attached hydrogens (tertiary/aromatic N) is 2. The van der Waals surface area contributed by atoms with E-state index in [4.69, 9.17) is 0 Å². The lowest BCUT2D eigenvalue weighted by Crippen LogP contribution is -2.09. The van der Waals surface area contributed by atoms with E-state index in [0.29, 0.717) is 0 Å². The highest BCUT2D eigenvalue weighted by Crippen LogP contribution is 2.39. The van der Waals surface area contributed by atoms with Crippen molar-refractivity contribution in [3.63, 3.8) is 0 Å². The molecule has 0 saturated heterocycles. The van der Waals surface area contributed by atoms with Crippen LogP contribution in [0.5, 0.6) is 0 Å². The van der Waals surface area contributed by atoms with Crippen LogP contribution < -0.4 is 0 Å². The Kier molecular flexibility index (Phi) is 5.12. The van der Waals surface area contributed by atoms with Gasteiger partial charge in [0.25, 0.3) is 0 Å². The molecule has 0 aliphatic heterocycles. The van der Waals surface area contributed by atoms with Crippen LogP contribution in [-0.4, -0.2) is 9.13 Å². The van der Waals surface area contributed by atoms with E-state index in [9.17, 15) is 0 Å². The van der Waals surface area contributed by atoms with Crippen molar-refractivity contribution in [1.82, 2.24) is 9.13 Å².